The van der Waals surface area contributed by atoms with E-state index in [0.717, 1.165) is 10.3 Å². The summed E-state index contributed by atoms with van der Waals surface area (Å²) >= 11 is 1.26. The molecule has 0 aliphatic rings. The summed E-state index contributed by atoms with van der Waals surface area (Å²) in [7, 11) is 0. The van der Waals surface area contributed by atoms with Crippen LogP contribution in [-0.2, 0) is 13.0 Å². The van der Waals surface area contributed by atoms with Crippen molar-refractivity contribution in [2.75, 3.05) is 0 Å². The second kappa shape index (κ2) is 8.40. The highest BCUT2D eigenvalue weighted by molar-refractivity contribution is 7.24. The predicted molar refractivity (Wildman–Crippen MR) is 130 cm³/mol. The lowest BCUT2D eigenvalue weighted by molar-refractivity contribution is -0.384. The molecule has 2 heterocycles. The second-order valence-corrected chi connectivity index (χ2v) is 8.57. The average molecular weight is 455 g/mol. The molecule has 0 saturated heterocycles. The SMILES string of the molecule is O=c1c2ccccc2sc2nc(-c3cccc([N+](=O)[O-])c3)n(CCc3ccccc3)c(=O)c12. The lowest BCUT2D eigenvalue weighted by Crippen LogP contribution is -2.28. The highest BCUT2D eigenvalue weighted by atomic mass is 32.1. The van der Waals surface area contributed by atoms with Crippen molar-refractivity contribution >= 4 is 37.3 Å². The summed E-state index contributed by atoms with van der Waals surface area (Å²) in [5, 5.41) is 11.8. The summed E-state index contributed by atoms with van der Waals surface area (Å²) in [4.78, 5) is 42.7. The van der Waals surface area contributed by atoms with Crippen LogP contribution in [0, 0.1) is 10.1 Å². The summed E-state index contributed by atoms with van der Waals surface area (Å²) in [6, 6.07) is 22.8. The molecule has 0 aliphatic heterocycles. The van der Waals surface area contributed by atoms with Crippen LogP contribution in [0.25, 0.3) is 31.7 Å². The Morgan fingerprint density at radius 2 is 1.70 bits per heavy atom. The van der Waals surface area contributed by atoms with Crippen molar-refractivity contribution < 1.29 is 4.92 Å². The number of fused-ring (bicyclic) bond motifs is 2. The van der Waals surface area contributed by atoms with Gasteiger partial charge in [0.05, 0.1) is 4.92 Å². The molecule has 33 heavy (non-hydrogen) atoms. The monoisotopic (exact) mass is 455 g/mol. The highest BCUT2D eigenvalue weighted by Gasteiger charge is 2.19. The summed E-state index contributed by atoms with van der Waals surface area (Å²) in [5.41, 5.74) is 0.589. The molecule has 2 aromatic heterocycles. The summed E-state index contributed by atoms with van der Waals surface area (Å²) < 4.78 is 2.19. The minimum absolute atomic E-state index is 0.0425. The van der Waals surface area contributed by atoms with E-state index in [2.05, 4.69) is 4.98 Å². The van der Waals surface area contributed by atoms with Crippen LogP contribution in [0.4, 0.5) is 5.69 Å². The number of nitrogens with zero attached hydrogens (tertiary/aromatic N) is 3. The Labute approximate surface area is 191 Å². The van der Waals surface area contributed by atoms with E-state index < -0.39 is 10.5 Å². The molecule has 3 aromatic carbocycles. The van der Waals surface area contributed by atoms with E-state index in [9.17, 15) is 19.7 Å². The molecular weight excluding hydrogens is 438 g/mol. The average Bonchev–Trinajstić information content (AvgIpc) is 2.84. The summed E-state index contributed by atoms with van der Waals surface area (Å²) in [6.07, 6.45) is 0.543. The number of nitro groups is 1. The fourth-order valence-corrected chi connectivity index (χ4v) is 4.90. The first-order valence-electron chi connectivity index (χ1n) is 10.3. The van der Waals surface area contributed by atoms with Gasteiger partial charge in [0.15, 0.2) is 0 Å². The fraction of sp³-hybridized carbons (Fsp3) is 0.0800. The largest absolute Gasteiger partial charge is 0.292 e. The molecule has 5 aromatic rings. The Kier molecular flexibility index (Phi) is 5.27. The van der Waals surface area contributed by atoms with Gasteiger partial charge in [-0.1, -0.05) is 54.6 Å². The number of non-ortho nitro benzene ring substituents is 1. The maximum absolute atomic E-state index is 13.6. The maximum Gasteiger partial charge on any atom is 0.270 e. The Balaban J connectivity index is 1.78. The van der Waals surface area contributed by atoms with E-state index in [0.29, 0.717) is 28.0 Å². The van der Waals surface area contributed by atoms with Crippen LogP contribution in [-0.4, -0.2) is 14.5 Å². The van der Waals surface area contributed by atoms with Crippen molar-refractivity contribution in [3.05, 3.63) is 115 Å². The minimum atomic E-state index is -0.483. The van der Waals surface area contributed by atoms with Crippen LogP contribution in [0.2, 0.25) is 0 Å². The van der Waals surface area contributed by atoms with Gasteiger partial charge < -0.3 is 0 Å². The van der Waals surface area contributed by atoms with E-state index in [1.807, 2.05) is 42.5 Å². The molecule has 0 radical (unpaired) electrons. The Hall–Kier alpha value is -4.17. The quantitative estimate of drug-likeness (QED) is 0.216. The lowest BCUT2D eigenvalue weighted by atomic mass is 10.1. The van der Waals surface area contributed by atoms with Crippen molar-refractivity contribution in [3.63, 3.8) is 0 Å². The number of hydrogen-bond donors (Lipinski definition) is 0. The van der Waals surface area contributed by atoms with Gasteiger partial charge >= 0.3 is 0 Å². The Bertz CT molecular complexity index is 1640. The van der Waals surface area contributed by atoms with Crippen LogP contribution in [0.5, 0.6) is 0 Å². The fourth-order valence-electron chi connectivity index (χ4n) is 3.86. The number of aryl methyl sites for hydroxylation is 1. The molecule has 0 atom stereocenters. The topological polar surface area (TPSA) is 95.1 Å². The van der Waals surface area contributed by atoms with Gasteiger partial charge in [0, 0.05) is 34.3 Å². The molecule has 7 nitrogen and oxygen atoms in total. The van der Waals surface area contributed by atoms with Crippen LogP contribution < -0.4 is 11.0 Å². The predicted octanol–water partition coefficient (Wildman–Crippen LogP) is 4.79. The zero-order valence-corrected chi connectivity index (χ0v) is 18.1. The molecule has 0 unspecified atom stereocenters. The van der Waals surface area contributed by atoms with Crippen LogP contribution in [0.1, 0.15) is 5.56 Å². The first kappa shape index (κ1) is 20.7. The molecule has 0 spiro atoms. The molecule has 0 fully saturated rings. The van der Waals surface area contributed by atoms with E-state index in [1.54, 1.807) is 24.3 Å². The molecule has 0 saturated carbocycles. The molecule has 8 heteroatoms. The normalized spacial score (nSPS) is 11.2. The van der Waals surface area contributed by atoms with E-state index in [1.165, 1.54) is 28.0 Å². The van der Waals surface area contributed by atoms with Crippen LogP contribution >= 0.6 is 11.3 Å². The Morgan fingerprint density at radius 3 is 2.48 bits per heavy atom. The molecule has 0 aliphatic carbocycles. The highest BCUT2D eigenvalue weighted by Crippen LogP contribution is 2.26. The van der Waals surface area contributed by atoms with Crippen LogP contribution in [0.15, 0.2) is 88.5 Å². The van der Waals surface area contributed by atoms with Gasteiger partial charge in [0.2, 0.25) is 5.43 Å². The van der Waals surface area contributed by atoms with E-state index in [-0.39, 0.29) is 23.0 Å². The van der Waals surface area contributed by atoms with Gasteiger partial charge in [-0.25, -0.2) is 4.98 Å². The van der Waals surface area contributed by atoms with E-state index >= 15 is 0 Å². The second-order valence-electron chi connectivity index (χ2n) is 7.54. The number of hydrogen-bond acceptors (Lipinski definition) is 6. The van der Waals surface area contributed by atoms with Gasteiger partial charge in [-0.3, -0.25) is 24.3 Å². The zero-order valence-electron chi connectivity index (χ0n) is 17.3. The van der Waals surface area contributed by atoms with Gasteiger partial charge in [0.25, 0.3) is 11.2 Å². The maximum atomic E-state index is 13.6. The Morgan fingerprint density at radius 1 is 0.939 bits per heavy atom. The first-order chi connectivity index (χ1) is 16.0. The number of rotatable bonds is 5. The third-order valence-electron chi connectivity index (χ3n) is 5.48. The molecule has 0 bridgehead atoms. The van der Waals surface area contributed by atoms with Gasteiger partial charge in [-0.2, -0.15) is 0 Å². The first-order valence-corrected chi connectivity index (χ1v) is 11.1. The summed E-state index contributed by atoms with van der Waals surface area (Å²) in [5.74, 6) is 0.304. The molecule has 0 N–H and O–H groups in total. The van der Waals surface area contributed by atoms with Crippen LogP contribution in [0.3, 0.4) is 0 Å². The van der Waals surface area contributed by atoms with E-state index in [4.69, 9.17) is 0 Å². The molecule has 0 amide bonds. The summed E-state index contributed by atoms with van der Waals surface area (Å²) in [6.45, 7) is 0.279. The smallest absolute Gasteiger partial charge is 0.270 e. The van der Waals surface area contributed by atoms with Crippen molar-refractivity contribution in [2.45, 2.75) is 13.0 Å². The molecule has 5 rings (SSSR count). The number of aromatic nitrogens is 2. The van der Waals surface area contributed by atoms with Gasteiger partial charge in [-0.15, -0.1) is 11.3 Å². The van der Waals surface area contributed by atoms with Gasteiger partial charge in [0.1, 0.15) is 16.0 Å². The third kappa shape index (κ3) is 3.81. The van der Waals surface area contributed by atoms with Crippen molar-refractivity contribution in [1.29, 1.82) is 0 Å². The number of benzene rings is 3. The minimum Gasteiger partial charge on any atom is -0.292 e. The number of nitro benzene ring substituents is 1. The van der Waals surface area contributed by atoms with Crippen molar-refractivity contribution in [2.24, 2.45) is 0 Å². The van der Waals surface area contributed by atoms with Gasteiger partial charge in [-0.05, 0) is 24.1 Å². The lowest BCUT2D eigenvalue weighted by Gasteiger charge is -2.14. The van der Waals surface area contributed by atoms with Crippen molar-refractivity contribution in [1.82, 2.24) is 9.55 Å². The molecule has 162 valence electrons. The third-order valence-corrected chi connectivity index (χ3v) is 6.55. The molecular formula is C25H17N3O4S. The standard InChI is InChI=1S/C25H17N3O4S/c29-22-19-11-4-5-12-20(19)33-24-21(22)25(30)27(14-13-16-7-2-1-3-8-16)23(26-24)17-9-6-10-18(15-17)28(31)32/h1-12,15H,13-14H2. The van der Waals surface area contributed by atoms with Crippen molar-refractivity contribution in [3.8, 4) is 11.4 Å². The zero-order chi connectivity index (χ0) is 22.9.